The van der Waals surface area contributed by atoms with E-state index in [1.165, 1.54) is 18.7 Å². The topological polar surface area (TPSA) is 108 Å². The van der Waals surface area contributed by atoms with Crippen molar-refractivity contribution in [2.75, 3.05) is 5.32 Å². The van der Waals surface area contributed by atoms with Crippen molar-refractivity contribution >= 4 is 23.1 Å². The van der Waals surface area contributed by atoms with Gasteiger partial charge in [-0.25, -0.2) is 9.97 Å². The van der Waals surface area contributed by atoms with Crippen LogP contribution in [-0.2, 0) is 11.3 Å². The van der Waals surface area contributed by atoms with E-state index in [9.17, 15) is 14.9 Å². The molecule has 0 atom stereocenters. The minimum Gasteiger partial charge on any atom is -0.354 e. The molecule has 1 aromatic heterocycles. The molecule has 1 fully saturated rings. The zero-order valence-corrected chi connectivity index (χ0v) is 17.8. The summed E-state index contributed by atoms with van der Waals surface area (Å²) in [6.07, 6.45) is 5.93. The third kappa shape index (κ3) is 4.81. The number of benzene rings is 2. The lowest BCUT2D eigenvalue weighted by Crippen LogP contribution is -2.33. The predicted molar refractivity (Wildman–Crippen MR) is 120 cm³/mol. The lowest BCUT2D eigenvalue weighted by molar-refractivity contribution is -0.126. The van der Waals surface area contributed by atoms with Crippen LogP contribution in [0.3, 0.4) is 0 Å². The molecule has 0 radical (unpaired) electrons. The molecule has 4 rings (SSSR count). The molecule has 1 amide bonds. The molecule has 1 saturated carbocycles. The first kappa shape index (κ1) is 21.2. The molecule has 7 heteroatoms. The van der Waals surface area contributed by atoms with E-state index in [1.54, 1.807) is 0 Å². The fourth-order valence-corrected chi connectivity index (χ4v) is 3.58. The van der Waals surface area contributed by atoms with E-state index in [0.29, 0.717) is 30.5 Å². The summed E-state index contributed by atoms with van der Waals surface area (Å²) in [4.78, 5) is 32.9. The zero-order valence-electron chi connectivity index (χ0n) is 17.8. The zero-order chi connectivity index (χ0) is 22.6. The molecule has 0 saturated heterocycles. The average molecular weight is 425 g/mol. The summed E-state index contributed by atoms with van der Waals surface area (Å²) in [5, 5.41) is 15.5. The van der Waals surface area contributed by atoms with Gasteiger partial charge >= 0.3 is 0 Å². The van der Waals surface area contributed by atoms with E-state index in [2.05, 4.69) is 26.7 Å². The number of anilines is 2. The maximum atomic E-state index is 12.7. The monoisotopic (exact) mass is 425 g/mol. The number of rotatable bonds is 8. The molecule has 1 aliphatic carbocycles. The quantitative estimate of drug-likeness (QED) is 0.527. The number of nitriles is 1. The second-order valence-electron chi connectivity index (χ2n) is 8.17. The van der Waals surface area contributed by atoms with Crippen molar-refractivity contribution in [1.29, 1.82) is 5.26 Å². The molecule has 0 aliphatic heterocycles. The van der Waals surface area contributed by atoms with Gasteiger partial charge in [0.15, 0.2) is 5.78 Å². The third-order valence-electron chi connectivity index (χ3n) is 5.70. The maximum Gasteiger partial charge on any atom is 0.226 e. The van der Waals surface area contributed by atoms with Gasteiger partial charge in [-0.05, 0) is 55.2 Å². The molecule has 32 heavy (non-hydrogen) atoms. The number of amides is 1. The van der Waals surface area contributed by atoms with Crippen molar-refractivity contribution in [1.82, 2.24) is 15.3 Å². The molecule has 1 aliphatic rings. The summed E-state index contributed by atoms with van der Waals surface area (Å²) in [6, 6.07) is 15.6. The van der Waals surface area contributed by atoms with Crippen molar-refractivity contribution in [3.63, 3.8) is 0 Å². The molecule has 3 aromatic rings. The summed E-state index contributed by atoms with van der Waals surface area (Å²) in [5.41, 5.74) is 4.00. The van der Waals surface area contributed by atoms with E-state index >= 15 is 0 Å². The van der Waals surface area contributed by atoms with E-state index in [1.807, 2.05) is 49.4 Å². The van der Waals surface area contributed by atoms with Crippen LogP contribution in [0, 0.1) is 23.7 Å². The van der Waals surface area contributed by atoms with Gasteiger partial charge in [-0.3, -0.25) is 9.59 Å². The molecular formula is C25H23N5O2. The SMILES string of the molecule is Cc1ccc(Nc2ccc(CNC(=O)C3(CC(=O)c4cncnc4)CC3)cc2)c(C#N)c1. The number of Topliss-reactive ketones (excluding diaryl/α,β-unsaturated/α-hetero) is 1. The Labute approximate surface area is 186 Å². The highest BCUT2D eigenvalue weighted by Crippen LogP contribution is 2.49. The minimum atomic E-state index is -0.618. The van der Waals surface area contributed by atoms with Gasteiger partial charge in [0.05, 0.1) is 22.2 Å². The van der Waals surface area contributed by atoms with E-state index in [-0.39, 0.29) is 18.1 Å². The van der Waals surface area contributed by atoms with Crippen LogP contribution >= 0.6 is 0 Å². The number of ketones is 1. The third-order valence-corrected chi connectivity index (χ3v) is 5.70. The summed E-state index contributed by atoms with van der Waals surface area (Å²) in [6.45, 7) is 2.34. The van der Waals surface area contributed by atoms with Crippen molar-refractivity contribution in [3.05, 3.63) is 83.4 Å². The number of nitrogens with zero attached hydrogens (tertiary/aromatic N) is 3. The fraction of sp³-hybridized carbons (Fsp3) is 0.240. The molecule has 0 bridgehead atoms. The van der Waals surface area contributed by atoms with Crippen molar-refractivity contribution < 1.29 is 9.59 Å². The van der Waals surface area contributed by atoms with Gasteiger partial charge in [0, 0.05) is 31.0 Å². The van der Waals surface area contributed by atoms with Crippen LogP contribution < -0.4 is 10.6 Å². The maximum absolute atomic E-state index is 12.7. The standard InChI is InChI=1S/C25H23N5O2/c1-17-2-7-22(19(10-17)12-26)30-21-5-3-18(4-6-21)13-29-24(32)25(8-9-25)11-23(31)20-14-27-16-28-15-20/h2-7,10,14-16,30H,8-9,11,13H2,1H3,(H,29,32). The molecule has 2 N–H and O–H groups in total. The highest BCUT2D eigenvalue weighted by Gasteiger charge is 2.50. The molecule has 1 heterocycles. The first-order valence-corrected chi connectivity index (χ1v) is 10.4. The Morgan fingerprint density at radius 3 is 2.47 bits per heavy atom. The Morgan fingerprint density at radius 2 is 1.81 bits per heavy atom. The van der Waals surface area contributed by atoms with Crippen molar-refractivity contribution in [3.8, 4) is 6.07 Å². The van der Waals surface area contributed by atoms with Crippen molar-refractivity contribution in [2.24, 2.45) is 5.41 Å². The summed E-state index contributed by atoms with van der Waals surface area (Å²) < 4.78 is 0. The molecule has 160 valence electrons. The Morgan fingerprint density at radius 1 is 1.09 bits per heavy atom. The largest absolute Gasteiger partial charge is 0.354 e. The van der Waals surface area contributed by atoms with Crippen LogP contribution in [0.4, 0.5) is 11.4 Å². The van der Waals surface area contributed by atoms with Crippen LogP contribution in [0.5, 0.6) is 0 Å². The Hall–Kier alpha value is -4.05. The molecule has 0 spiro atoms. The Balaban J connectivity index is 1.33. The van der Waals surface area contributed by atoms with Crippen molar-refractivity contribution in [2.45, 2.75) is 32.7 Å². The number of aromatic nitrogens is 2. The van der Waals surface area contributed by atoms with E-state index in [0.717, 1.165) is 22.5 Å². The van der Waals surface area contributed by atoms with Gasteiger partial charge in [-0.1, -0.05) is 18.2 Å². The Bertz CT molecular complexity index is 1180. The highest BCUT2D eigenvalue weighted by molar-refractivity contribution is 6.00. The smallest absolute Gasteiger partial charge is 0.226 e. The van der Waals surface area contributed by atoms with Gasteiger partial charge in [0.1, 0.15) is 12.4 Å². The van der Waals surface area contributed by atoms with E-state index < -0.39 is 5.41 Å². The molecular weight excluding hydrogens is 402 g/mol. The predicted octanol–water partition coefficient (Wildman–Crippen LogP) is 4.07. The van der Waals surface area contributed by atoms with E-state index in [4.69, 9.17) is 0 Å². The second-order valence-corrected chi connectivity index (χ2v) is 8.17. The molecule has 0 unspecified atom stereocenters. The van der Waals surface area contributed by atoms with Crippen LogP contribution in [0.2, 0.25) is 0 Å². The van der Waals surface area contributed by atoms with Gasteiger partial charge in [0.25, 0.3) is 0 Å². The minimum absolute atomic E-state index is 0.0942. The first-order valence-electron chi connectivity index (χ1n) is 10.4. The van der Waals surface area contributed by atoms with Gasteiger partial charge in [-0.2, -0.15) is 5.26 Å². The van der Waals surface area contributed by atoms with Gasteiger partial charge in [-0.15, -0.1) is 0 Å². The number of carbonyl (C=O) groups excluding carboxylic acids is 2. The second kappa shape index (κ2) is 8.98. The number of carbonyl (C=O) groups is 2. The number of aryl methyl sites for hydroxylation is 1. The van der Waals surface area contributed by atoms with Crippen LogP contribution in [-0.4, -0.2) is 21.7 Å². The summed E-state index contributed by atoms with van der Waals surface area (Å²) in [7, 11) is 0. The Kier molecular flexibility index (Phi) is 5.95. The molecule has 2 aromatic carbocycles. The summed E-state index contributed by atoms with van der Waals surface area (Å²) in [5.74, 6) is -0.204. The van der Waals surface area contributed by atoms with Gasteiger partial charge < -0.3 is 10.6 Å². The highest BCUT2D eigenvalue weighted by atomic mass is 16.2. The lowest BCUT2D eigenvalue weighted by Gasteiger charge is -2.15. The lowest BCUT2D eigenvalue weighted by atomic mass is 9.95. The number of hydrogen-bond acceptors (Lipinski definition) is 6. The van der Waals surface area contributed by atoms with Crippen LogP contribution in [0.1, 0.15) is 46.3 Å². The fourth-order valence-electron chi connectivity index (χ4n) is 3.58. The van der Waals surface area contributed by atoms with Crippen LogP contribution in [0.15, 0.2) is 61.2 Å². The first-order chi connectivity index (χ1) is 15.5. The molecule has 7 nitrogen and oxygen atoms in total. The number of nitrogens with one attached hydrogen (secondary N) is 2. The van der Waals surface area contributed by atoms with Crippen LogP contribution in [0.25, 0.3) is 0 Å². The average Bonchev–Trinajstić information content (AvgIpc) is 3.60. The normalized spacial score (nSPS) is 13.6. The number of hydrogen-bond donors (Lipinski definition) is 2. The van der Waals surface area contributed by atoms with Gasteiger partial charge in [0.2, 0.25) is 5.91 Å². The summed E-state index contributed by atoms with van der Waals surface area (Å²) >= 11 is 0.